The fraction of sp³-hybridized carbons (Fsp3) is 0.621. The fourth-order valence-corrected chi connectivity index (χ4v) is 8.28. The lowest BCUT2D eigenvalue weighted by Crippen LogP contribution is -2.35. The standard InChI is InChI=1S/C29H39F3N2O4S2/c1-5-40(36,37)23-12-8-20(9-13-23)24(17-38-4)33-28(35)25-14-21-16-34(26(18(2)3)27(21)39-25)15-19-6-10-22(11-7-19)29(30,31)32/h8-9,12-14,18-19,22,24,26H,5-7,10-11,15-17H2,1-4H3,(H,33,35)/t19-,22-,24-,26-/m0/s1. The first-order chi connectivity index (χ1) is 18.8. The molecule has 1 aromatic carbocycles. The van der Waals surface area contributed by atoms with Crippen LogP contribution in [0.2, 0.25) is 0 Å². The number of methoxy groups -OCH3 is 1. The molecule has 0 unspecified atom stereocenters. The van der Waals surface area contributed by atoms with Crippen molar-refractivity contribution in [3.8, 4) is 0 Å². The number of sulfone groups is 1. The summed E-state index contributed by atoms with van der Waals surface area (Å²) >= 11 is 1.48. The summed E-state index contributed by atoms with van der Waals surface area (Å²) in [5.41, 5.74) is 1.86. The third kappa shape index (κ3) is 6.91. The number of ether oxygens (including phenoxy) is 1. The van der Waals surface area contributed by atoms with E-state index in [1.54, 1.807) is 38.3 Å². The minimum Gasteiger partial charge on any atom is -0.382 e. The zero-order chi connectivity index (χ0) is 29.2. The minimum atomic E-state index is -4.10. The molecule has 2 aromatic rings. The molecule has 0 radical (unpaired) electrons. The second kappa shape index (κ2) is 12.5. The SMILES string of the molecule is CCS(=O)(=O)c1ccc([C@H](COC)NC(=O)c2cc3c(s2)[C@H](C(C)C)N(C[C@H]2CC[C@H](C(F)(F)F)CC2)C3)cc1. The van der Waals surface area contributed by atoms with Gasteiger partial charge in [0.05, 0.1) is 34.1 Å². The van der Waals surface area contributed by atoms with Crippen molar-refractivity contribution < 1.29 is 31.1 Å². The van der Waals surface area contributed by atoms with Gasteiger partial charge in [-0.05, 0) is 66.8 Å². The van der Waals surface area contributed by atoms with Crippen LogP contribution in [0.5, 0.6) is 0 Å². The molecular formula is C29H39F3N2O4S2. The molecular weight excluding hydrogens is 561 g/mol. The molecule has 1 fully saturated rings. The van der Waals surface area contributed by atoms with Crippen molar-refractivity contribution in [2.45, 2.75) is 76.2 Å². The molecule has 222 valence electrons. The Morgan fingerprint density at radius 2 is 1.80 bits per heavy atom. The molecule has 1 aromatic heterocycles. The topological polar surface area (TPSA) is 75.7 Å². The number of nitrogens with zero attached hydrogens (tertiary/aromatic N) is 1. The number of amides is 1. The lowest BCUT2D eigenvalue weighted by atomic mass is 9.81. The van der Waals surface area contributed by atoms with Gasteiger partial charge in [0.2, 0.25) is 0 Å². The van der Waals surface area contributed by atoms with E-state index in [0.29, 0.717) is 30.2 Å². The van der Waals surface area contributed by atoms with E-state index in [1.165, 1.54) is 11.3 Å². The first-order valence-corrected chi connectivity index (χ1v) is 16.4. The van der Waals surface area contributed by atoms with Crippen molar-refractivity contribution in [1.82, 2.24) is 10.2 Å². The second-order valence-corrected chi connectivity index (χ2v) is 14.7. The van der Waals surface area contributed by atoms with Crippen molar-refractivity contribution in [2.24, 2.45) is 17.8 Å². The van der Waals surface area contributed by atoms with E-state index >= 15 is 0 Å². The highest BCUT2D eigenvalue weighted by Crippen LogP contribution is 2.46. The van der Waals surface area contributed by atoms with Gasteiger partial charge in [-0.2, -0.15) is 13.2 Å². The summed E-state index contributed by atoms with van der Waals surface area (Å²) in [5, 5.41) is 3.04. The van der Waals surface area contributed by atoms with Gasteiger partial charge in [0, 0.05) is 31.1 Å². The Morgan fingerprint density at radius 1 is 1.15 bits per heavy atom. The van der Waals surface area contributed by atoms with Crippen molar-refractivity contribution in [2.75, 3.05) is 26.0 Å². The van der Waals surface area contributed by atoms with Gasteiger partial charge in [0.1, 0.15) is 0 Å². The van der Waals surface area contributed by atoms with E-state index in [-0.39, 0.29) is 48.0 Å². The Bertz CT molecular complexity index is 1270. The number of hydrogen-bond acceptors (Lipinski definition) is 6. The Labute approximate surface area is 239 Å². The molecule has 0 spiro atoms. The molecule has 1 N–H and O–H groups in total. The summed E-state index contributed by atoms with van der Waals surface area (Å²) < 4.78 is 69.0. The summed E-state index contributed by atoms with van der Waals surface area (Å²) in [6, 6.07) is 8.14. The van der Waals surface area contributed by atoms with Crippen molar-refractivity contribution in [1.29, 1.82) is 0 Å². The second-order valence-electron chi connectivity index (χ2n) is 11.3. The molecule has 0 saturated heterocycles. The Kier molecular flexibility index (Phi) is 9.69. The number of rotatable bonds is 10. The molecule has 1 amide bonds. The fourth-order valence-electron chi connectivity index (χ4n) is 6.01. The highest BCUT2D eigenvalue weighted by molar-refractivity contribution is 7.91. The van der Waals surface area contributed by atoms with Gasteiger partial charge in [-0.3, -0.25) is 9.69 Å². The Balaban J connectivity index is 1.43. The van der Waals surface area contributed by atoms with Gasteiger partial charge in [-0.25, -0.2) is 8.42 Å². The van der Waals surface area contributed by atoms with Crippen LogP contribution in [0.4, 0.5) is 13.2 Å². The van der Waals surface area contributed by atoms with Gasteiger partial charge in [-0.1, -0.05) is 32.9 Å². The van der Waals surface area contributed by atoms with E-state index in [2.05, 4.69) is 24.1 Å². The van der Waals surface area contributed by atoms with Crippen molar-refractivity contribution in [3.63, 3.8) is 0 Å². The molecule has 6 nitrogen and oxygen atoms in total. The summed E-state index contributed by atoms with van der Waals surface area (Å²) in [6.45, 7) is 7.58. The van der Waals surface area contributed by atoms with Gasteiger partial charge < -0.3 is 10.1 Å². The number of thiophene rings is 1. The maximum absolute atomic E-state index is 13.3. The van der Waals surface area contributed by atoms with Crippen LogP contribution in [0.3, 0.4) is 0 Å². The van der Waals surface area contributed by atoms with Crippen LogP contribution in [0.1, 0.15) is 84.2 Å². The van der Waals surface area contributed by atoms with Crippen LogP contribution >= 0.6 is 11.3 Å². The number of alkyl halides is 3. The zero-order valence-corrected chi connectivity index (χ0v) is 25.1. The van der Waals surface area contributed by atoms with E-state index in [1.807, 2.05) is 6.07 Å². The number of carbonyl (C=O) groups excluding carboxylic acids is 1. The largest absolute Gasteiger partial charge is 0.391 e. The van der Waals surface area contributed by atoms with Crippen molar-refractivity contribution in [3.05, 3.63) is 51.2 Å². The lowest BCUT2D eigenvalue weighted by Gasteiger charge is -2.35. The predicted molar refractivity (Wildman–Crippen MR) is 150 cm³/mol. The third-order valence-electron chi connectivity index (χ3n) is 8.20. The molecule has 1 aliphatic heterocycles. The van der Waals surface area contributed by atoms with Crippen LogP contribution in [-0.4, -0.2) is 51.4 Å². The van der Waals surface area contributed by atoms with Crippen LogP contribution in [0.15, 0.2) is 35.2 Å². The number of hydrogen-bond donors (Lipinski definition) is 1. The highest BCUT2D eigenvalue weighted by Gasteiger charge is 2.43. The number of benzene rings is 1. The first-order valence-electron chi connectivity index (χ1n) is 13.9. The first kappa shape index (κ1) is 31.0. The molecule has 0 bridgehead atoms. The average Bonchev–Trinajstić information content (AvgIpc) is 3.46. The van der Waals surface area contributed by atoms with Crippen LogP contribution in [0.25, 0.3) is 0 Å². The van der Waals surface area contributed by atoms with E-state index < -0.39 is 28.0 Å². The minimum absolute atomic E-state index is 0.0155. The number of halogens is 3. The lowest BCUT2D eigenvalue weighted by molar-refractivity contribution is -0.184. The maximum atomic E-state index is 13.3. The molecule has 4 rings (SSSR count). The number of fused-ring (bicyclic) bond motifs is 1. The smallest absolute Gasteiger partial charge is 0.382 e. The van der Waals surface area contributed by atoms with Gasteiger partial charge in [0.25, 0.3) is 5.91 Å². The summed E-state index contributed by atoms with van der Waals surface area (Å²) in [5.74, 6) is -0.824. The highest BCUT2D eigenvalue weighted by atomic mass is 32.2. The molecule has 11 heteroatoms. The molecule has 2 heterocycles. The van der Waals surface area contributed by atoms with Crippen LogP contribution in [-0.2, 0) is 21.1 Å². The Hall–Kier alpha value is -1.95. The average molecular weight is 601 g/mol. The Morgan fingerprint density at radius 3 is 2.35 bits per heavy atom. The molecule has 1 saturated carbocycles. The molecule has 1 aliphatic carbocycles. The number of nitrogens with one attached hydrogen (secondary N) is 1. The summed E-state index contributed by atoms with van der Waals surface area (Å²) in [4.78, 5) is 17.7. The molecule has 40 heavy (non-hydrogen) atoms. The monoisotopic (exact) mass is 600 g/mol. The normalized spacial score (nSPS) is 22.9. The van der Waals surface area contributed by atoms with Crippen LogP contribution < -0.4 is 5.32 Å². The van der Waals surface area contributed by atoms with E-state index in [0.717, 1.165) is 22.5 Å². The van der Waals surface area contributed by atoms with E-state index in [9.17, 15) is 26.4 Å². The molecule has 2 aliphatic rings. The van der Waals surface area contributed by atoms with Gasteiger partial charge >= 0.3 is 6.18 Å². The predicted octanol–water partition coefficient (Wildman–Crippen LogP) is 6.54. The van der Waals surface area contributed by atoms with Gasteiger partial charge in [0.15, 0.2) is 9.84 Å². The zero-order valence-electron chi connectivity index (χ0n) is 23.5. The number of carbonyl (C=O) groups is 1. The van der Waals surface area contributed by atoms with Gasteiger partial charge in [-0.15, -0.1) is 11.3 Å². The van der Waals surface area contributed by atoms with Crippen molar-refractivity contribution >= 4 is 27.1 Å². The summed E-state index contributed by atoms with van der Waals surface area (Å²) in [6.07, 6.45) is -2.49. The third-order valence-corrected chi connectivity index (χ3v) is 11.2. The molecule has 2 atom stereocenters. The van der Waals surface area contributed by atoms with Crippen LogP contribution in [0, 0.1) is 17.8 Å². The quantitative estimate of drug-likeness (QED) is 0.335. The van der Waals surface area contributed by atoms with E-state index in [4.69, 9.17) is 4.74 Å². The summed E-state index contributed by atoms with van der Waals surface area (Å²) in [7, 11) is -1.77. The maximum Gasteiger partial charge on any atom is 0.391 e.